The molecule has 0 spiro atoms. The van der Waals surface area contributed by atoms with Gasteiger partial charge in [0.15, 0.2) is 0 Å². The summed E-state index contributed by atoms with van der Waals surface area (Å²) in [5.74, 6) is 0. The van der Waals surface area contributed by atoms with Crippen LogP contribution in [0.4, 0.5) is 5.00 Å². The number of aliphatic hydroxyl groups is 1. The number of anilines is 1. The molecule has 0 atom stereocenters. The molecular formula is C10H12ClNOS. The lowest BCUT2D eigenvalue weighted by Crippen LogP contribution is -1.93. The van der Waals surface area contributed by atoms with Crippen LogP contribution < -0.4 is 5.73 Å². The molecule has 0 amide bonds. The van der Waals surface area contributed by atoms with Crippen LogP contribution in [0.15, 0.2) is 24.3 Å². The van der Waals surface area contributed by atoms with Crippen LogP contribution >= 0.6 is 23.7 Å². The van der Waals surface area contributed by atoms with Gasteiger partial charge in [-0.2, -0.15) is 0 Å². The monoisotopic (exact) mass is 229 g/mol. The van der Waals surface area contributed by atoms with Crippen molar-refractivity contribution in [1.29, 1.82) is 0 Å². The van der Waals surface area contributed by atoms with Crippen LogP contribution in [0.25, 0.3) is 10.1 Å². The normalized spacial score (nSPS) is 10.1. The first kappa shape index (κ1) is 11.3. The van der Waals surface area contributed by atoms with E-state index in [1.165, 1.54) is 10.1 Å². The van der Waals surface area contributed by atoms with Crippen molar-refractivity contribution in [3.63, 3.8) is 0 Å². The molecule has 14 heavy (non-hydrogen) atoms. The van der Waals surface area contributed by atoms with Crippen molar-refractivity contribution in [3.05, 3.63) is 29.8 Å². The summed E-state index contributed by atoms with van der Waals surface area (Å²) >= 11 is 1.59. The SMILES string of the molecule is Cl.Nc1sc2ccccc2c1CCO. The van der Waals surface area contributed by atoms with E-state index in [9.17, 15) is 0 Å². The van der Waals surface area contributed by atoms with Crippen molar-refractivity contribution >= 4 is 38.8 Å². The van der Waals surface area contributed by atoms with Gasteiger partial charge in [0.1, 0.15) is 0 Å². The molecule has 0 saturated carbocycles. The zero-order valence-corrected chi connectivity index (χ0v) is 9.20. The van der Waals surface area contributed by atoms with Crippen molar-refractivity contribution < 1.29 is 5.11 Å². The van der Waals surface area contributed by atoms with E-state index in [0.717, 1.165) is 10.6 Å². The highest BCUT2D eigenvalue weighted by Gasteiger charge is 2.07. The quantitative estimate of drug-likeness (QED) is 0.831. The molecule has 0 radical (unpaired) electrons. The zero-order valence-electron chi connectivity index (χ0n) is 7.56. The Labute approximate surface area is 92.8 Å². The maximum absolute atomic E-state index is 8.87. The van der Waals surface area contributed by atoms with Gasteiger partial charge in [-0.15, -0.1) is 23.7 Å². The third-order valence-electron chi connectivity index (χ3n) is 2.09. The number of thiophene rings is 1. The van der Waals surface area contributed by atoms with E-state index in [-0.39, 0.29) is 19.0 Å². The summed E-state index contributed by atoms with van der Waals surface area (Å²) in [6, 6.07) is 8.10. The second-order valence-corrected chi connectivity index (χ2v) is 4.00. The zero-order chi connectivity index (χ0) is 9.26. The Kier molecular flexibility index (Phi) is 3.75. The summed E-state index contributed by atoms with van der Waals surface area (Å²) in [7, 11) is 0. The lowest BCUT2D eigenvalue weighted by molar-refractivity contribution is 0.300. The molecule has 4 heteroatoms. The summed E-state index contributed by atoms with van der Waals surface area (Å²) in [5, 5.41) is 10.9. The molecule has 3 N–H and O–H groups in total. The minimum atomic E-state index is 0. The topological polar surface area (TPSA) is 46.2 Å². The molecule has 0 unspecified atom stereocenters. The van der Waals surface area contributed by atoms with Crippen LogP contribution in [0, 0.1) is 0 Å². The average Bonchev–Trinajstić information content (AvgIpc) is 2.44. The molecule has 1 aromatic heterocycles. The van der Waals surface area contributed by atoms with Gasteiger partial charge in [0.25, 0.3) is 0 Å². The first-order valence-corrected chi connectivity index (χ1v) is 5.01. The van der Waals surface area contributed by atoms with Gasteiger partial charge in [0, 0.05) is 11.3 Å². The molecule has 0 fully saturated rings. The summed E-state index contributed by atoms with van der Waals surface area (Å²) in [5.41, 5.74) is 6.93. The van der Waals surface area contributed by atoms with Gasteiger partial charge >= 0.3 is 0 Å². The molecule has 76 valence electrons. The average molecular weight is 230 g/mol. The highest BCUT2D eigenvalue weighted by molar-refractivity contribution is 7.22. The fourth-order valence-electron chi connectivity index (χ4n) is 1.49. The second kappa shape index (κ2) is 4.64. The Hall–Kier alpha value is -0.770. The molecular weight excluding hydrogens is 218 g/mol. The molecule has 0 aliphatic carbocycles. The van der Waals surface area contributed by atoms with Crippen LogP contribution in [0.1, 0.15) is 5.56 Å². The number of hydrogen-bond donors (Lipinski definition) is 2. The van der Waals surface area contributed by atoms with Crippen molar-refractivity contribution in [1.82, 2.24) is 0 Å². The van der Waals surface area contributed by atoms with Gasteiger partial charge in [-0.05, 0) is 23.4 Å². The molecule has 0 aliphatic rings. The number of fused-ring (bicyclic) bond motifs is 1. The summed E-state index contributed by atoms with van der Waals surface area (Å²) < 4.78 is 1.20. The Morgan fingerprint density at radius 2 is 2.00 bits per heavy atom. The third-order valence-corrected chi connectivity index (χ3v) is 3.13. The van der Waals surface area contributed by atoms with E-state index in [1.807, 2.05) is 18.2 Å². The van der Waals surface area contributed by atoms with Crippen molar-refractivity contribution in [2.45, 2.75) is 6.42 Å². The predicted molar refractivity (Wildman–Crippen MR) is 64.3 cm³/mol. The second-order valence-electron chi connectivity index (χ2n) is 2.91. The van der Waals surface area contributed by atoms with Gasteiger partial charge in [-0.25, -0.2) is 0 Å². The molecule has 1 heterocycles. The minimum Gasteiger partial charge on any atom is -0.396 e. The fraction of sp³-hybridized carbons (Fsp3) is 0.200. The largest absolute Gasteiger partial charge is 0.396 e. The van der Waals surface area contributed by atoms with E-state index in [0.29, 0.717) is 6.42 Å². The Bertz CT molecular complexity index is 427. The number of rotatable bonds is 2. The first-order chi connectivity index (χ1) is 6.33. The molecule has 1 aromatic carbocycles. The van der Waals surface area contributed by atoms with Crippen LogP contribution in [-0.2, 0) is 6.42 Å². The highest BCUT2D eigenvalue weighted by Crippen LogP contribution is 2.33. The lowest BCUT2D eigenvalue weighted by atomic mass is 10.1. The summed E-state index contributed by atoms with van der Waals surface area (Å²) in [4.78, 5) is 0. The Balaban J connectivity index is 0.000000980. The maximum Gasteiger partial charge on any atom is 0.0902 e. The molecule has 0 aliphatic heterocycles. The molecule has 2 rings (SSSR count). The molecule has 0 bridgehead atoms. The van der Waals surface area contributed by atoms with Crippen LogP contribution in [-0.4, -0.2) is 11.7 Å². The minimum absolute atomic E-state index is 0. The predicted octanol–water partition coefficient (Wildman–Crippen LogP) is 2.44. The smallest absolute Gasteiger partial charge is 0.0902 e. The van der Waals surface area contributed by atoms with Gasteiger partial charge in [0.2, 0.25) is 0 Å². The van der Waals surface area contributed by atoms with Crippen molar-refractivity contribution in [2.75, 3.05) is 12.3 Å². The Morgan fingerprint density at radius 1 is 1.29 bits per heavy atom. The first-order valence-electron chi connectivity index (χ1n) is 4.19. The van der Waals surface area contributed by atoms with Gasteiger partial charge in [0.05, 0.1) is 5.00 Å². The number of halogens is 1. The number of benzene rings is 1. The van der Waals surface area contributed by atoms with Crippen molar-refractivity contribution in [2.24, 2.45) is 0 Å². The highest BCUT2D eigenvalue weighted by atomic mass is 35.5. The number of hydrogen-bond acceptors (Lipinski definition) is 3. The molecule has 2 nitrogen and oxygen atoms in total. The van der Waals surface area contributed by atoms with Crippen LogP contribution in [0.5, 0.6) is 0 Å². The van der Waals surface area contributed by atoms with Gasteiger partial charge < -0.3 is 10.8 Å². The van der Waals surface area contributed by atoms with E-state index >= 15 is 0 Å². The van der Waals surface area contributed by atoms with Gasteiger partial charge in [-0.3, -0.25) is 0 Å². The number of aliphatic hydroxyl groups excluding tert-OH is 1. The lowest BCUT2D eigenvalue weighted by Gasteiger charge is -1.96. The fourth-order valence-corrected chi connectivity index (χ4v) is 2.51. The van der Waals surface area contributed by atoms with E-state index < -0.39 is 0 Å². The molecule has 2 aromatic rings. The molecule has 0 saturated heterocycles. The van der Waals surface area contributed by atoms with Crippen LogP contribution in [0.2, 0.25) is 0 Å². The maximum atomic E-state index is 8.87. The van der Waals surface area contributed by atoms with Gasteiger partial charge in [-0.1, -0.05) is 18.2 Å². The summed E-state index contributed by atoms with van der Waals surface area (Å²) in [6.07, 6.45) is 0.649. The number of nitrogen functional groups attached to an aromatic ring is 1. The van der Waals surface area contributed by atoms with E-state index in [4.69, 9.17) is 10.8 Å². The number of nitrogens with two attached hydrogens (primary N) is 1. The summed E-state index contributed by atoms with van der Waals surface area (Å²) in [6.45, 7) is 0.158. The van der Waals surface area contributed by atoms with E-state index in [2.05, 4.69) is 6.07 Å². The van der Waals surface area contributed by atoms with Crippen LogP contribution in [0.3, 0.4) is 0 Å². The Morgan fingerprint density at radius 3 is 2.71 bits per heavy atom. The standard InChI is InChI=1S/C10H11NOS.ClH/c11-10-8(5-6-12)7-3-1-2-4-9(7)13-10;/h1-4,12H,5-6,11H2;1H. The van der Waals surface area contributed by atoms with Crippen molar-refractivity contribution in [3.8, 4) is 0 Å². The van der Waals surface area contributed by atoms with E-state index in [1.54, 1.807) is 11.3 Å². The third kappa shape index (κ3) is 1.85.